The number of aliphatic hydroxyl groups is 1. The predicted octanol–water partition coefficient (Wildman–Crippen LogP) is 2.88. The fourth-order valence-electron chi connectivity index (χ4n) is 3.48. The molecule has 0 fully saturated rings. The molecular weight excluding hydrogens is 362 g/mol. The summed E-state index contributed by atoms with van der Waals surface area (Å²) in [4.78, 5) is 0. The summed E-state index contributed by atoms with van der Waals surface area (Å²) < 4.78 is 5.54. The number of hydrogen-bond donors (Lipinski definition) is 3. The second kappa shape index (κ2) is 10.2. The van der Waals surface area contributed by atoms with Gasteiger partial charge in [0, 0.05) is 19.0 Å². The molecule has 144 valence electrons. The van der Waals surface area contributed by atoms with Crippen molar-refractivity contribution in [2.75, 3.05) is 13.2 Å². The zero-order chi connectivity index (χ0) is 18.4. The van der Waals surface area contributed by atoms with E-state index in [0.717, 1.165) is 30.6 Å². The molecule has 2 aromatic rings. The number of hydrogen-bond acceptors (Lipinski definition) is 4. The van der Waals surface area contributed by atoms with E-state index in [2.05, 4.69) is 11.2 Å². The van der Waals surface area contributed by atoms with Crippen molar-refractivity contribution in [3.63, 3.8) is 0 Å². The van der Waals surface area contributed by atoms with E-state index in [1.807, 2.05) is 36.4 Å². The Bertz CT molecular complexity index is 787. The summed E-state index contributed by atoms with van der Waals surface area (Å²) in [6.45, 7) is 0.754. The first-order valence-corrected chi connectivity index (χ1v) is 9.02. The molecule has 0 saturated carbocycles. The van der Waals surface area contributed by atoms with Crippen LogP contribution < -0.4 is 10.1 Å². The molecule has 4 nitrogen and oxygen atoms in total. The van der Waals surface area contributed by atoms with Crippen LogP contribution >= 0.6 is 12.4 Å². The van der Waals surface area contributed by atoms with Crippen LogP contribution in [0.3, 0.4) is 0 Å². The Balaban J connectivity index is 0.00000261. The number of para-hydroxylation sites is 1. The van der Waals surface area contributed by atoms with Gasteiger partial charge in [-0.1, -0.05) is 30.2 Å². The fraction of sp³-hybridized carbons (Fsp3) is 0.364. The van der Waals surface area contributed by atoms with Gasteiger partial charge in [-0.15, -0.1) is 18.8 Å². The highest BCUT2D eigenvalue weighted by molar-refractivity contribution is 5.85. The lowest BCUT2D eigenvalue weighted by atomic mass is 9.88. The fourth-order valence-corrected chi connectivity index (χ4v) is 3.48. The van der Waals surface area contributed by atoms with Crippen LogP contribution in [0.25, 0.3) is 0 Å². The second-order valence-electron chi connectivity index (χ2n) is 6.76. The lowest BCUT2D eigenvalue weighted by molar-refractivity contribution is 0.164. The van der Waals surface area contributed by atoms with Crippen LogP contribution in [0.15, 0.2) is 42.5 Å². The lowest BCUT2D eigenvalue weighted by Gasteiger charge is -2.27. The van der Waals surface area contributed by atoms with Crippen molar-refractivity contribution in [3.8, 4) is 23.8 Å². The maximum atomic E-state index is 10.4. The topological polar surface area (TPSA) is 61.7 Å². The third-order valence-electron chi connectivity index (χ3n) is 4.80. The number of phenolic OH excluding ortho intramolecular Hbond substituents is 1. The summed E-state index contributed by atoms with van der Waals surface area (Å²) in [5.74, 6) is 3.53. The van der Waals surface area contributed by atoms with Gasteiger partial charge in [-0.25, -0.2) is 0 Å². The smallest absolute Gasteiger partial charge is 0.148 e. The van der Waals surface area contributed by atoms with Crippen LogP contribution in [-0.2, 0) is 19.3 Å². The first kappa shape index (κ1) is 21.1. The van der Waals surface area contributed by atoms with E-state index in [1.54, 1.807) is 6.07 Å². The molecule has 2 aromatic carbocycles. The van der Waals surface area contributed by atoms with Gasteiger partial charge < -0.3 is 20.3 Å². The van der Waals surface area contributed by atoms with Crippen LogP contribution in [0, 0.1) is 12.3 Å². The summed E-state index contributed by atoms with van der Waals surface area (Å²) in [6, 6.07) is 13.6. The Hall–Kier alpha value is -2.19. The molecule has 1 aliphatic carbocycles. The van der Waals surface area contributed by atoms with Crippen molar-refractivity contribution >= 4 is 12.4 Å². The van der Waals surface area contributed by atoms with Gasteiger partial charge in [-0.2, -0.15) is 0 Å². The molecule has 0 aromatic heterocycles. The molecular formula is C22H26ClNO3. The Kier molecular flexibility index (Phi) is 7.99. The molecule has 3 rings (SSSR count). The second-order valence-corrected chi connectivity index (χ2v) is 6.76. The summed E-state index contributed by atoms with van der Waals surface area (Å²) in [7, 11) is 0. The van der Waals surface area contributed by atoms with Gasteiger partial charge in [0.05, 0.1) is 6.10 Å². The standard InChI is InChI=1S/C22H25NO3.ClH/c1-2-11-26-22-6-4-3-5-18(22)14-21(25)15-23-19-9-7-17-13-20(24)10-8-16(17)12-19;/h1,3-6,8,10,13,19,21,23-25H,7,9,11-12,14-15H2;1H. The maximum Gasteiger partial charge on any atom is 0.148 e. The van der Waals surface area contributed by atoms with Gasteiger partial charge in [0.1, 0.15) is 18.1 Å². The van der Waals surface area contributed by atoms with E-state index in [1.165, 1.54) is 11.1 Å². The van der Waals surface area contributed by atoms with Crippen LogP contribution in [0.2, 0.25) is 0 Å². The molecule has 0 bridgehead atoms. The molecule has 0 radical (unpaired) electrons. The molecule has 2 atom stereocenters. The zero-order valence-corrected chi connectivity index (χ0v) is 16.0. The maximum absolute atomic E-state index is 10.4. The van der Waals surface area contributed by atoms with Crippen LogP contribution in [0.5, 0.6) is 11.5 Å². The molecule has 0 aliphatic heterocycles. The van der Waals surface area contributed by atoms with Crippen molar-refractivity contribution in [2.24, 2.45) is 0 Å². The molecule has 0 spiro atoms. The SMILES string of the molecule is C#CCOc1ccccc1CC(O)CNC1CCc2cc(O)ccc2C1.Cl. The Morgan fingerprint density at radius 1 is 1.22 bits per heavy atom. The number of ether oxygens (including phenoxy) is 1. The van der Waals surface area contributed by atoms with Crippen molar-refractivity contribution in [2.45, 2.75) is 37.8 Å². The monoisotopic (exact) mass is 387 g/mol. The summed E-state index contributed by atoms with van der Waals surface area (Å²) in [6.07, 6.45) is 8.15. The minimum absolute atomic E-state index is 0. The molecule has 0 saturated heterocycles. The highest BCUT2D eigenvalue weighted by Crippen LogP contribution is 2.25. The lowest BCUT2D eigenvalue weighted by Crippen LogP contribution is -2.39. The van der Waals surface area contributed by atoms with Gasteiger partial charge in [0.2, 0.25) is 0 Å². The first-order valence-electron chi connectivity index (χ1n) is 9.02. The Labute approximate surface area is 167 Å². The average molecular weight is 388 g/mol. The van der Waals surface area contributed by atoms with Gasteiger partial charge >= 0.3 is 0 Å². The van der Waals surface area contributed by atoms with Crippen LogP contribution in [0.4, 0.5) is 0 Å². The highest BCUT2D eigenvalue weighted by Gasteiger charge is 2.19. The Morgan fingerprint density at radius 2 is 2.04 bits per heavy atom. The van der Waals surface area contributed by atoms with E-state index in [9.17, 15) is 10.2 Å². The number of fused-ring (bicyclic) bond motifs is 1. The van der Waals surface area contributed by atoms with Crippen molar-refractivity contribution < 1.29 is 14.9 Å². The quantitative estimate of drug-likeness (QED) is 0.639. The molecule has 0 amide bonds. The number of halogens is 1. The average Bonchev–Trinajstić information content (AvgIpc) is 2.65. The summed E-state index contributed by atoms with van der Waals surface area (Å²) in [5, 5.41) is 23.5. The van der Waals surface area contributed by atoms with Gasteiger partial charge in [0.25, 0.3) is 0 Å². The number of aryl methyl sites for hydroxylation is 1. The van der Waals surface area contributed by atoms with Crippen molar-refractivity contribution in [1.29, 1.82) is 0 Å². The normalized spacial score (nSPS) is 16.5. The summed E-state index contributed by atoms with van der Waals surface area (Å²) >= 11 is 0. The number of phenols is 1. The molecule has 2 unspecified atom stereocenters. The van der Waals surface area contributed by atoms with E-state index in [0.29, 0.717) is 24.8 Å². The molecule has 0 heterocycles. The van der Waals surface area contributed by atoms with Crippen LogP contribution in [-0.4, -0.2) is 35.5 Å². The van der Waals surface area contributed by atoms with E-state index >= 15 is 0 Å². The van der Waals surface area contributed by atoms with E-state index in [-0.39, 0.29) is 19.0 Å². The zero-order valence-electron chi connectivity index (χ0n) is 15.2. The highest BCUT2D eigenvalue weighted by atomic mass is 35.5. The molecule has 3 N–H and O–H groups in total. The molecule has 27 heavy (non-hydrogen) atoms. The molecule has 1 aliphatic rings. The predicted molar refractivity (Wildman–Crippen MR) is 110 cm³/mol. The first-order chi connectivity index (χ1) is 12.7. The third-order valence-corrected chi connectivity index (χ3v) is 4.80. The third kappa shape index (κ3) is 5.90. The number of nitrogens with one attached hydrogen (secondary N) is 1. The van der Waals surface area contributed by atoms with Gasteiger partial charge in [-0.3, -0.25) is 0 Å². The van der Waals surface area contributed by atoms with Crippen molar-refractivity contribution in [3.05, 3.63) is 59.2 Å². The number of aliphatic hydroxyl groups excluding tert-OH is 1. The van der Waals surface area contributed by atoms with Gasteiger partial charge in [-0.05, 0) is 54.2 Å². The van der Waals surface area contributed by atoms with Crippen LogP contribution in [0.1, 0.15) is 23.1 Å². The number of benzene rings is 2. The largest absolute Gasteiger partial charge is 0.508 e. The molecule has 5 heteroatoms. The van der Waals surface area contributed by atoms with Gasteiger partial charge in [0.15, 0.2) is 0 Å². The minimum atomic E-state index is -0.494. The van der Waals surface area contributed by atoms with E-state index in [4.69, 9.17) is 11.2 Å². The number of rotatable bonds is 7. The van der Waals surface area contributed by atoms with E-state index < -0.39 is 6.10 Å². The summed E-state index contributed by atoms with van der Waals surface area (Å²) in [5.41, 5.74) is 3.46. The number of terminal acetylenes is 1. The Morgan fingerprint density at radius 3 is 2.85 bits per heavy atom. The minimum Gasteiger partial charge on any atom is -0.508 e. The number of aromatic hydroxyl groups is 1. The van der Waals surface area contributed by atoms with Crippen molar-refractivity contribution in [1.82, 2.24) is 5.32 Å².